The summed E-state index contributed by atoms with van der Waals surface area (Å²) in [7, 11) is 0. The molecule has 4 heteroatoms. The van der Waals surface area contributed by atoms with Crippen LogP contribution in [0.3, 0.4) is 0 Å². The summed E-state index contributed by atoms with van der Waals surface area (Å²) in [5.74, 6) is -0.538. The summed E-state index contributed by atoms with van der Waals surface area (Å²) in [6.07, 6.45) is 1.22. The Morgan fingerprint density at radius 1 is 1.17 bits per heavy atom. The van der Waals surface area contributed by atoms with Gasteiger partial charge in [0.15, 0.2) is 0 Å². The zero-order chi connectivity index (χ0) is 17.7. The monoisotopic (exact) mass is 325 g/mol. The van der Waals surface area contributed by atoms with Crippen LogP contribution in [0, 0.1) is 0 Å². The average molecular weight is 325 g/mol. The van der Waals surface area contributed by atoms with E-state index in [1.807, 2.05) is 51.1 Å². The zero-order valence-electron chi connectivity index (χ0n) is 14.3. The first-order valence-electron chi connectivity index (χ1n) is 7.93. The third kappa shape index (κ3) is 4.44. The number of nitrogen functional groups attached to an aromatic ring is 1. The molecule has 4 nitrogen and oxygen atoms in total. The van der Waals surface area contributed by atoms with Crippen molar-refractivity contribution < 1.29 is 14.3 Å². The third-order valence-electron chi connectivity index (χ3n) is 3.63. The second-order valence-electron chi connectivity index (χ2n) is 6.71. The van der Waals surface area contributed by atoms with Gasteiger partial charge in [0.25, 0.3) is 0 Å². The highest BCUT2D eigenvalue weighted by Crippen LogP contribution is 2.32. The van der Waals surface area contributed by atoms with E-state index < -0.39 is 11.6 Å². The van der Waals surface area contributed by atoms with Gasteiger partial charge in [-0.3, -0.25) is 0 Å². The molecule has 0 aliphatic heterocycles. The Labute approximate surface area is 142 Å². The van der Waals surface area contributed by atoms with Crippen LogP contribution < -0.4 is 5.73 Å². The third-order valence-corrected chi connectivity index (χ3v) is 3.63. The van der Waals surface area contributed by atoms with Crippen molar-refractivity contribution in [3.05, 3.63) is 65.2 Å². The Bertz CT molecular complexity index is 717. The molecule has 0 aromatic heterocycles. The molecule has 0 heterocycles. The fourth-order valence-electron chi connectivity index (χ4n) is 2.58. The number of carbonyl (C=O) groups is 2. The molecule has 126 valence electrons. The van der Waals surface area contributed by atoms with Crippen LogP contribution in [0.5, 0.6) is 0 Å². The Balaban J connectivity index is 2.34. The second kappa shape index (κ2) is 7.30. The molecule has 2 N–H and O–H groups in total. The number of esters is 1. The van der Waals surface area contributed by atoms with E-state index in [0.29, 0.717) is 17.7 Å². The fourth-order valence-corrected chi connectivity index (χ4v) is 2.58. The molecule has 0 fully saturated rings. The van der Waals surface area contributed by atoms with E-state index in [1.54, 1.807) is 18.2 Å². The minimum Gasteiger partial charge on any atom is -0.456 e. The van der Waals surface area contributed by atoms with Gasteiger partial charge >= 0.3 is 5.97 Å². The van der Waals surface area contributed by atoms with Gasteiger partial charge in [0.05, 0.1) is 5.56 Å². The Morgan fingerprint density at radius 3 is 2.38 bits per heavy atom. The van der Waals surface area contributed by atoms with Gasteiger partial charge in [0, 0.05) is 18.0 Å². The van der Waals surface area contributed by atoms with Crippen LogP contribution in [-0.2, 0) is 9.53 Å². The van der Waals surface area contributed by atoms with Crippen LogP contribution in [0.15, 0.2) is 48.5 Å². The van der Waals surface area contributed by atoms with Crippen molar-refractivity contribution in [2.75, 3.05) is 5.73 Å². The minimum absolute atomic E-state index is 0.128. The van der Waals surface area contributed by atoms with E-state index in [-0.39, 0.29) is 5.92 Å². The standard InChI is InChI=1S/C20H23NO3/c1-20(2,3)24-19(23)15-9-10-17(18(21)13-15)16(11-12-22)14-7-5-4-6-8-14/h4-10,12-13,16H,11,21H2,1-3H3. The van der Waals surface area contributed by atoms with Gasteiger partial charge < -0.3 is 15.3 Å². The van der Waals surface area contributed by atoms with Crippen molar-refractivity contribution in [1.29, 1.82) is 0 Å². The number of benzene rings is 2. The summed E-state index contributed by atoms with van der Waals surface area (Å²) in [6, 6.07) is 14.8. The fraction of sp³-hybridized carbons (Fsp3) is 0.300. The molecule has 24 heavy (non-hydrogen) atoms. The molecule has 0 aliphatic carbocycles. The van der Waals surface area contributed by atoms with Crippen molar-refractivity contribution in [2.24, 2.45) is 0 Å². The highest BCUT2D eigenvalue weighted by molar-refractivity contribution is 5.91. The summed E-state index contributed by atoms with van der Waals surface area (Å²) >= 11 is 0. The molecule has 2 aromatic rings. The van der Waals surface area contributed by atoms with Gasteiger partial charge in [0.1, 0.15) is 11.9 Å². The normalized spacial score (nSPS) is 12.5. The number of nitrogens with two attached hydrogens (primary N) is 1. The van der Waals surface area contributed by atoms with Gasteiger partial charge in [-0.1, -0.05) is 36.4 Å². The molecule has 0 aliphatic rings. The maximum absolute atomic E-state index is 12.2. The van der Waals surface area contributed by atoms with E-state index in [1.165, 1.54) is 0 Å². The first-order valence-corrected chi connectivity index (χ1v) is 7.93. The number of aldehydes is 1. The highest BCUT2D eigenvalue weighted by Gasteiger charge is 2.21. The molecule has 0 radical (unpaired) electrons. The van der Waals surface area contributed by atoms with Crippen molar-refractivity contribution in [3.8, 4) is 0 Å². The summed E-state index contributed by atoms with van der Waals surface area (Å²) < 4.78 is 5.36. The maximum Gasteiger partial charge on any atom is 0.338 e. The van der Waals surface area contributed by atoms with E-state index in [9.17, 15) is 9.59 Å². The average Bonchev–Trinajstić information content (AvgIpc) is 2.52. The van der Waals surface area contributed by atoms with E-state index >= 15 is 0 Å². The van der Waals surface area contributed by atoms with Gasteiger partial charge in [-0.15, -0.1) is 0 Å². The molecule has 0 spiro atoms. The van der Waals surface area contributed by atoms with Crippen LogP contribution in [0.4, 0.5) is 5.69 Å². The maximum atomic E-state index is 12.2. The molecule has 1 unspecified atom stereocenters. The number of anilines is 1. The largest absolute Gasteiger partial charge is 0.456 e. The van der Waals surface area contributed by atoms with Crippen LogP contribution in [-0.4, -0.2) is 17.9 Å². The van der Waals surface area contributed by atoms with Crippen molar-refractivity contribution in [3.63, 3.8) is 0 Å². The van der Waals surface area contributed by atoms with Gasteiger partial charge in [-0.25, -0.2) is 4.79 Å². The predicted molar refractivity (Wildman–Crippen MR) is 95.0 cm³/mol. The number of carbonyl (C=O) groups excluding carboxylic acids is 2. The zero-order valence-corrected chi connectivity index (χ0v) is 14.3. The lowest BCUT2D eigenvalue weighted by atomic mass is 9.87. The van der Waals surface area contributed by atoms with Crippen molar-refractivity contribution in [2.45, 2.75) is 38.7 Å². The van der Waals surface area contributed by atoms with Crippen molar-refractivity contribution in [1.82, 2.24) is 0 Å². The lowest BCUT2D eigenvalue weighted by molar-refractivity contribution is -0.108. The SMILES string of the molecule is CC(C)(C)OC(=O)c1ccc(C(CC=O)c2ccccc2)c(N)c1. The number of ether oxygens (including phenoxy) is 1. The second-order valence-corrected chi connectivity index (χ2v) is 6.71. The van der Waals surface area contributed by atoms with Crippen LogP contribution in [0.25, 0.3) is 0 Å². The quantitative estimate of drug-likeness (QED) is 0.513. The van der Waals surface area contributed by atoms with E-state index in [2.05, 4.69) is 0 Å². The molecule has 2 aromatic carbocycles. The van der Waals surface area contributed by atoms with Gasteiger partial charge in [0.2, 0.25) is 0 Å². The van der Waals surface area contributed by atoms with E-state index in [4.69, 9.17) is 10.5 Å². The highest BCUT2D eigenvalue weighted by atomic mass is 16.6. The first-order chi connectivity index (χ1) is 11.3. The summed E-state index contributed by atoms with van der Waals surface area (Å²) in [6.45, 7) is 5.45. The molecule has 0 amide bonds. The number of rotatable bonds is 5. The van der Waals surface area contributed by atoms with Gasteiger partial charge in [-0.05, 0) is 44.0 Å². The van der Waals surface area contributed by atoms with Gasteiger partial charge in [-0.2, -0.15) is 0 Å². The number of hydrogen-bond donors (Lipinski definition) is 1. The predicted octanol–water partition coefficient (Wildman–Crippen LogP) is 3.95. The molecule has 0 saturated heterocycles. The number of hydrogen-bond acceptors (Lipinski definition) is 4. The first kappa shape index (κ1) is 17.7. The smallest absolute Gasteiger partial charge is 0.338 e. The summed E-state index contributed by atoms with van der Waals surface area (Å²) in [5.41, 5.74) is 8.34. The minimum atomic E-state index is -0.561. The summed E-state index contributed by atoms with van der Waals surface area (Å²) in [4.78, 5) is 23.2. The van der Waals surface area contributed by atoms with E-state index in [0.717, 1.165) is 17.4 Å². The Hall–Kier alpha value is -2.62. The molecule has 1 atom stereocenters. The molecule has 0 saturated carbocycles. The topological polar surface area (TPSA) is 69.4 Å². The van der Waals surface area contributed by atoms with Crippen molar-refractivity contribution >= 4 is 17.9 Å². The van der Waals surface area contributed by atoms with Crippen LogP contribution in [0.1, 0.15) is 54.6 Å². The molecular formula is C20H23NO3. The van der Waals surface area contributed by atoms with Crippen LogP contribution in [0.2, 0.25) is 0 Å². The summed E-state index contributed by atoms with van der Waals surface area (Å²) in [5, 5.41) is 0. The Kier molecular flexibility index (Phi) is 5.39. The Morgan fingerprint density at radius 2 is 1.83 bits per heavy atom. The lowest BCUT2D eigenvalue weighted by Gasteiger charge is -2.21. The van der Waals surface area contributed by atoms with Crippen LogP contribution >= 0.6 is 0 Å². The molecule has 0 bridgehead atoms. The molecule has 2 rings (SSSR count). The molecular weight excluding hydrogens is 302 g/mol. The lowest BCUT2D eigenvalue weighted by Crippen LogP contribution is -2.24.